The Bertz CT molecular complexity index is 276. The van der Waals surface area contributed by atoms with Gasteiger partial charge in [0.25, 0.3) is 0 Å². The molecule has 0 radical (unpaired) electrons. The maximum atomic E-state index is 11.0. The van der Waals surface area contributed by atoms with E-state index >= 15 is 0 Å². The second kappa shape index (κ2) is 5.23. The monoisotopic (exact) mass is 243 g/mol. The Morgan fingerprint density at radius 1 is 1.18 bits per heavy atom. The van der Waals surface area contributed by atoms with Crippen molar-refractivity contribution in [1.82, 2.24) is 4.90 Å². The first kappa shape index (κ1) is 12.6. The smallest absolute Gasteiger partial charge is 0.407 e. The van der Waals surface area contributed by atoms with Gasteiger partial charge in [-0.25, -0.2) is 4.79 Å². The Kier molecular flexibility index (Phi) is 3.89. The zero-order chi connectivity index (χ0) is 12.4. The average molecular weight is 243 g/mol. The van der Waals surface area contributed by atoms with Crippen molar-refractivity contribution >= 4 is 6.09 Å². The van der Waals surface area contributed by atoms with E-state index in [1.165, 1.54) is 4.90 Å². The van der Waals surface area contributed by atoms with Crippen LogP contribution in [-0.4, -0.2) is 51.6 Å². The summed E-state index contributed by atoms with van der Waals surface area (Å²) in [5, 5.41) is 27.9. The topological polar surface area (TPSA) is 81.0 Å². The molecule has 1 aliphatic carbocycles. The van der Waals surface area contributed by atoms with E-state index in [9.17, 15) is 15.0 Å². The van der Waals surface area contributed by atoms with Crippen LogP contribution in [0.3, 0.4) is 0 Å². The molecule has 1 amide bonds. The molecule has 1 saturated heterocycles. The Hall–Kier alpha value is -0.810. The lowest BCUT2D eigenvalue weighted by atomic mass is 9.76. The summed E-state index contributed by atoms with van der Waals surface area (Å²) in [4.78, 5) is 12.4. The van der Waals surface area contributed by atoms with Gasteiger partial charge in [0.2, 0.25) is 0 Å². The van der Waals surface area contributed by atoms with Crippen LogP contribution in [0.15, 0.2) is 0 Å². The van der Waals surface area contributed by atoms with Crippen LogP contribution in [-0.2, 0) is 0 Å². The summed E-state index contributed by atoms with van der Waals surface area (Å²) in [6.07, 6.45) is 3.26. The van der Waals surface area contributed by atoms with Gasteiger partial charge in [-0.3, -0.25) is 0 Å². The summed E-state index contributed by atoms with van der Waals surface area (Å²) in [5.74, 6) is 0.725. The second-order valence-electron chi connectivity index (χ2n) is 5.25. The summed E-state index contributed by atoms with van der Waals surface area (Å²) < 4.78 is 0. The molecule has 2 fully saturated rings. The highest BCUT2D eigenvalue weighted by Gasteiger charge is 2.41. The van der Waals surface area contributed by atoms with Crippen molar-refractivity contribution < 1.29 is 20.1 Å². The summed E-state index contributed by atoms with van der Waals surface area (Å²) in [6.45, 7) is 0.445. The first-order valence-electron chi connectivity index (χ1n) is 6.42. The molecule has 2 atom stereocenters. The predicted octanol–water partition coefficient (Wildman–Crippen LogP) is 0.898. The molecule has 0 aromatic rings. The molecule has 2 rings (SSSR count). The van der Waals surface area contributed by atoms with E-state index in [4.69, 9.17) is 5.11 Å². The van der Waals surface area contributed by atoms with Crippen LogP contribution in [0.4, 0.5) is 4.79 Å². The van der Waals surface area contributed by atoms with E-state index < -0.39 is 6.09 Å². The molecule has 0 aromatic carbocycles. The molecule has 1 heterocycles. The summed E-state index contributed by atoms with van der Waals surface area (Å²) in [5.41, 5.74) is 0. The normalized spacial score (nSPS) is 38.4. The number of carboxylic acid groups (broad SMARTS) is 1. The van der Waals surface area contributed by atoms with E-state index in [1.807, 2.05) is 0 Å². The number of aliphatic hydroxyl groups excluding tert-OH is 2. The number of amides is 1. The van der Waals surface area contributed by atoms with Crippen molar-refractivity contribution in [3.05, 3.63) is 0 Å². The zero-order valence-corrected chi connectivity index (χ0v) is 9.96. The van der Waals surface area contributed by atoms with Gasteiger partial charge in [0.05, 0.1) is 18.8 Å². The van der Waals surface area contributed by atoms with Gasteiger partial charge in [0, 0.05) is 6.54 Å². The SMILES string of the molecule is O=C(O)N1CC[C@@H]([C@H]2CC[C@@H](O)CC2)[C@H]1CO. The minimum atomic E-state index is -0.928. The average Bonchev–Trinajstić information content (AvgIpc) is 2.73. The molecular weight excluding hydrogens is 222 g/mol. The van der Waals surface area contributed by atoms with Gasteiger partial charge in [-0.05, 0) is 43.9 Å². The third-order valence-corrected chi connectivity index (χ3v) is 4.38. The van der Waals surface area contributed by atoms with Crippen molar-refractivity contribution in [2.24, 2.45) is 11.8 Å². The molecular formula is C12H21NO4. The summed E-state index contributed by atoms with van der Waals surface area (Å²) in [6, 6.07) is -0.243. The molecule has 0 bridgehead atoms. The fourth-order valence-electron chi connectivity index (χ4n) is 3.43. The molecule has 1 aliphatic heterocycles. The van der Waals surface area contributed by atoms with E-state index in [-0.39, 0.29) is 24.7 Å². The quantitative estimate of drug-likeness (QED) is 0.673. The van der Waals surface area contributed by atoms with E-state index in [1.54, 1.807) is 0 Å². The number of carbonyl (C=O) groups is 1. The van der Waals surface area contributed by atoms with E-state index in [0.29, 0.717) is 12.5 Å². The summed E-state index contributed by atoms with van der Waals surface area (Å²) in [7, 11) is 0. The van der Waals surface area contributed by atoms with Crippen LogP contribution in [0.2, 0.25) is 0 Å². The highest BCUT2D eigenvalue weighted by atomic mass is 16.4. The number of hydrogen-bond acceptors (Lipinski definition) is 3. The van der Waals surface area contributed by atoms with Crippen molar-refractivity contribution in [3.63, 3.8) is 0 Å². The van der Waals surface area contributed by atoms with Crippen molar-refractivity contribution in [2.45, 2.75) is 44.2 Å². The Balaban J connectivity index is 1.99. The molecule has 0 spiro atoms. The largest absolute Gasteiger partial charge is 0.465 e. The highest BCUT2D eigenvalue weighted by Crippen LogP contribution is 2.38. The molecule has 5 nitrogen and oxygen atoms in total. The fourth-order valence-corrected chi connectivity index (χ4v) is 3.43. The second-order valence-corrected chi connectivity index (χ2v) is 5.25. The minimum Gasteiger partial charge on any atom is -0.465 e. The number of hydrogen-bond donors (Lipinski definition) is 3. The third-order valence-electron chi connectivity index (χ3n) is 4.38. The van der Waals surface area contributed by atoms with Crippen LogP contribution in [0.5, 0.6) is 0 Å². The molecule has 2 aliphatic rings. The fraction of sp³-hybridized carbons (Fsp3) is 0.917. The number of aliphatic hydroxyl groups is 2. The molecule has 0 aromatic heterocycles. The van der Waals surface area contributed by atoms with Crippen molar-refractivity contribution in [1.29, 1.82) is 0 Å². The van der Waals surface area contributed by atoms with Gasteiger partial charge in [-0.1, -0.05) is 0 Å². The lowest BCUT2D eigenvalue weighted by Crippen LogP contribution is -2.42. The molecule has 1 saturated carbocycles. The maximum absolute atomic E-state index is 11.0. The molecule has 98 valence electrons. The predicted molar refractivity (Wildman–Crippen MR) is 61.7 cm³/mol. The number of likely N-dealkylation sites (tertiary alicyclic amines) is 1. The number of nitrogens with zero attached hydrogens (tertiary/aromatic N) is 1. The van der Waals surface area contributed by atoms with E-state index in [2.05, 4.69) is 0 Å². The van der Waals surface area contributed by atoms with Crippen molar-refractivity contribution in [2.75, 3.05) is 13.2 Å². The molecule has 5 heteroatoms. The summed E-state index contributed by atoms with van der Waals surface area (Å²) >= 11 is 0. The van der Waals surface area contributed by atoms with Crippen LogP contribution in [0.1, 0.15) is 32.1 Å². The van der Waals surface area contributed by atoms with Gasteiger partial charge < -0.3 is 20.2 Å². The Labute approximate surface area is 101 Å². The van der Waals surface area contributed by atoms with Gasteiger partial charge >= 0.3 is 6.09 Å². The van der Waals surface area contributed by atoms with E-state index in [0.717, 1.165) is 32.1 Å². The Morgan fingerprint density at radius 2 is 1.82 bits per heavy atom. The van der Waals surface area contributed by atoms with Crippen LogP contribution < -0.4 is 0 Å². The first-order valence-corrected chi connectivity index (χ1v) is 6.42. The third kappa shape index (κ3) is 2.55. The van der Waals surface area contributed by atoms with Gasteiger partial charge in [-0.15, -0.1) is 0 Å². The van der Waals surface area contributed by atoms with Crippen LogP contribution in [0, 0.1) is 11.8 Å². The lowest BCUT2D eigenvalue weighted by Gasteiger charge is -2.33. The molecule has 17 heavy (non-hydrogen) atoms. The first-order chi connectivity index (χ1) is 8.13. The van der Waals surface area contributed by atoms with Gasteiger partial charge in [0.1, 0.15) is 0 Å². The maximum Gasteiger partial charge on any atom is 0.407 e. The standard InChI is InChI=1S/C12H21NO4/c14-7-11-10(5-6-13(11)12(16)17)8-1-3-9(15)4-2-8/h8-11,14-15H,1-7H2,(H,16,17)/t8-,9+,10-,11+/m0/s1. The van der Waals surface area contributed by atoms with Crippen LogP contribution in [0.25, 0.3) is 0 Å². The van der Waals surface area contributed by atoms with Crippen molar-refractivity contribution in [3.8, 4) is 0 Å². The van der Waals surface area contributed by atoms with Gasteiger partial charge in [0.15, 0.2) is 0 Å². The lowest BCUT2D eigenvalue weighted by molar-refractivity contribution is 0.0627. The molecule has 3 N–H and O–H groups in total. The highest BCUT2D eigenvalue weighted by molar-refractivity contribution is 5.66. The zero-order valence-electron chi connectivity index (χ0n) is 9.96. The van der Waals surface area contributed by atoms with Gasteiger partial charge in [-0.2, -0.15) is 0 Å². The minimum absolute atomic E-state index is 0.0873. The molecule has 0 unspecified atom stereocenters. The van der Waals surface area contributed by atoms with Crippen LogP contribution >= 0.6 is 0 Å². The number of rotatable bonds is 2. The Morgan fingerprint density at radius 3 is 2.35 bits per heavy atom.